The molecule has 0 aliphatic heterocycles. The molecule has 0 spiro atoms. The van der Waals surface area contributed by atoms with Crippen molar-refractivity contribution in [2.45, 2.75) is 18.0 Å². The van der Waals surface area contributed by atoms with Gasteiger partial charge in [0.05, 0.1) is 17.1 Å². The topological polar surface area (TPSA) is 66.5 Å². The minimum absolute atomic E-state index is 0.139. The Morgan fingerprint density at radius 1 is 0.649 bits per heavy atom. The highest BCUT2D eigenvalue weighted by Crippen LogP contribution is 2.26. The van der Waals surface area contributed by atoms with Crippen LogP contribution >= 0.6 is 0 Å². The van der Waals surface area contributed by atoms with E-state index in [1.807, 2.05) is 42.5 Å². The van der Waals surface area contributed by atoms with E-state index in [1.165, 1.54) is 4.31 Å². The first-order chi connectivity index (χ1) is 18.0. The maximum absolute atomic E-state index is 13.5. The van der Waals surface area contributed by atoms with Gasteiger partial charge in [0.2, 0.25) is 0 Å². The van der Waals surface area contributed by atoms with Crippen molar-refractivity contribution in [2.24, 2.45) is 0 Å². The molecule has 6 heteroatoms. The summed E-state index contributed by atoms with van der Waals surface area (Å²) in [6.45, 7) is 0.558. The molecule has 0 saturated carbocycles. The normalized spacial score (nSPS) is 11.2. The number of sulfonamides is 1. The van der Waals surface area contributed by atoms with Crippen molar-refractivity contribution in [3.63, 3.8) is 0 Å². The third kappa shape index (κ3) is 5.55. The van der Waals surface area contributed by atoms with Gasteiger partial charge in [-0.15, -0.1) is 0 Å². The zero-order chi connectivity index (χ0) is 25.7. The largest absolute Gasteiger partial charge is 0.348 e. The monoisotopic (exact) mass is 506 g/mol. The van der Waals surface area contributed by atoms with Crippen LogP contribution in [0.3, 0.4) is 0 Å². The van der Waals surface area contributed by atoms with Crippen LogP contribution in [0.2, 0.25) is 0 Å². The van der Waals surface area contributed by atoms with Gasteiger partial charge >= 0.3 is 0 Å². The fraction of sp³-hybridized carbons (Fsp3) is 0.0645. The van der Waals surface area contributed by atoms with Gasteiger partial charge in [0.25, 0.3) is 15.9 Å². The summed E-state index contributed by atoms with van der Waals surface area (Å²) in [5.74, 6) is -0.184. The fourth-order valence-electron chi connectivity index (χ4n) is 4.19. The molecule has 0 saturated heterocycles. The van der Waals surface area contributed by atoms with E-state index in [4.69, 9.17) is 0 Å². The van der Waals surface area contributed by atoms with Crippen molar-refractivity contribution in [1.29, 1.82) is 0 Å². The molecule has 5 aromatic rings. The molecule has 0 aliphatic carbocycles. The number of benzene rings is 5. The van der Waals surface area contributed by atoms with E-state index in [0.717, 1.165) is 21.9 Å². The molecule has 0 heterocycles. The van der Waals surface area contributed by atoms with Crippen molar-refractivity contribution in [3.05, 3.63) is 144 Å². The summed E-state index contributed by atoms with van der Waals surface area (Å²) in [7, 11) is -3.78. The van der Waals surface area contributed by atoms with Crippen LogP contribution in [0.1, 0.15) is 21.5 Å². The zero-order valence-electron chi connectivity index (χ0n) is 20.1. The van der Waals surface area contributed by atoms with E-state index >= 15 is 0 Å². The summed E-state index contributed by atoms with van der Waals surface area (Å²) in [5, 5.41) is 5.26. The first-order valence-corrected chi connectivity index (χ1v) is 13.4. The molecule has 1 N–H and O–H groups in total. The van der Waals surface area contributed by atoms with Crippen LogP contribution in [0.25, 0.3) is 10.8 Å². The lowest BCUT2D eigenvalue weighted by molar-refractivity contribution is 0.0951. The molecule has 0 fully saturated rings. The standard InChI is InChI=1S/C31H26N2O3S/c34-31(32-22-25-17-18-26-9-7-8-10-28(26)21-25)27-19-15-24(16-20-27)23-33(29-11-3-1-4-12-29)37(35,36)30-13-5-2-6-14-30/h1-21H,22-23H2,(H,32,34). The second-order valence-corrected chi connectivity index (χ2v) is 10.6. The Morgan fingerprint density at radius 3 is 1.95 bits per heavy atom. The van der Waals surface area contributed by atoms with Crippen LogP contribution < -0.4 is 9.62 Å². The number of amides is 1. The third-order valence-electron chi connectivity index (χ3n) is 6.18. The van der Waals surface area contributed by atoms with Crippen molar-refractivity contribution in [2.75, 3.05) is 4.31 Å². The van der Waals surface area contributed by atoms with Gasteiger partial charge in [-0.1, -0.05) is 84.9 Å². The zero-order valence-corrected chi connectivity index (χ0v) is 20.9. The summed E-state index contributed by atoms with van der Waals surface area (Å²) in [6, 6.07) is 38.7. The smallest absolute Gasteiger partial charge is 0.264 e. The van der Waals surface area contributed by atoms with Crippen molar-refractivity contribution in [3.8, 4) is 0 Å². The average molecular weight is 507 g/mol. The first kappa shape index (κ1) is 24.3. The number of hydrogen-bond donors (Lipinski definition) is 1. The molecule has 0 bridgehead atoms. The van der Waals surface area contributed by atoms with E-state index in [9.17, 15) is 13.2 Å². The average Bonchev–Trinajstić information content (AvgIpc) is 2.95. The summed E-state index contributed by atoms with van der Waals surface area (Å²) in [5.41, 5.74) is 2.88. The van der Waals surface area contributed by atoms with Crippen LogP contribution in [-0.4, -0.2) is 14.3 Å². The van der Waals surface area contributed by atoms with E-state index < -0.39 is 10.0 Å². The van der Waals surface area contributed by atoms with E-state index in [1.54, 1.807) is 66.7 Å². The number of hydrogen-bond acceptors (Lipinski definition) is 3. The van der Waals surface area contributed by atoms with Gasteiger partial charge in [0.15, 0.2) is 0 Å². The summed E-state index contributed by atoms with van der Waals surface area (Å²) >= 11 is 0. The second-order valence-electron chi connectivity index (χ2n) is 8.72. The second kappa shape index (κ2) is 10.7. The highest BCUT2D eigenvalue weighted by Gasteiger charge is 2.25. The Kier molecular flexibility index (Phi) is 7.01. The molecule has 184 valence electrons. The van der Waals surface area contributed by atoms with Gasteiger partial charge in [0, 0.05) is 12.1 Å². The molecule has 0 radical (unpaired) electrons. The summed E-state index contributed by atoms with van der Waals surface area (Å²) in [4.78, 5) is 13.0. The van der Waals surface area contributed by atoms with E-state index in [-0.39, 0.29) is 17.3 Å². The molecule has 5 rings (SSSR count). The Balaban J connectivity index is 1.31. The minimum atomic E-state index is -3.78. The number of carbonyl (C=O) groups is 1. The summed E-state index contributed by atoms with van der Waals surface area (Å²) in [6.07, 6.45) is 0. The molecule has 5 aromatic carbocycles. The third-order valence-corrected chi connectivity index (χ3v) is 7.97. The van der Waals surface area contributed by atoms with Crippen LogP contribution in [0.5, 0.6) is 0 Å². The van der Waals surface area contributed by atoms with Crippen molar-refractivity contribution in [1.82, 2.24) is 5.32 Å². The minimum Gasteiger partial charge on any atom is -0.348 e. The Morgan fingerprint density at radius 2 is 1.24 bits per heavy atom. The Labute approximate surface area is 217 Å². The van der Waals surface area contributed by atoms with Gasteiger partial charge in [0.1, 0.15) is 0 Å². The van der Waals surface area contributed by atoms with Crippen molar-refractivity contribution >= 4 is 32.4 Å². The first-order valence-electron chi connectivity index (χ1n) is 12.0. The molecular weight excluding hydrogens is 480 g/mol. The number of fused-ring (bicyclic) bond motifs is 1. The van der Waals surface area contributed by atoms with Crippen LogP contribution in [0.4, 0.5) is 5.69 Å². The SMILES string of the molecule is O=C(NCc1ccc2ccccc2c1)c1ccc(CN(c2ccccc2)S(=O)(=O)c2ccccc2)cc1. The van der Waals surface area contributed by atoms with Gasteiger partial charge in [-0.05, 0) is 64.4 Å². The highest BCUT2D eigenvalue weighted by atomic mass is 32.2. The predicted octanol–water partition coefficient (Wildman–Crippen LogP) is 6.17. The lowest BCUT2D eigenvalue weighted by Crippen LogP contribution is -2.30. The predicted molar refractivity (Wildman–Crippen MR) is 148 cm³/mol. The molecule has 0 atom stereocenters. The molecule has 0 aliphatic rings. The molecular formula is C31H26N2O3S. The van der Waals surface area contributed by atoms with Crippen LogP contribution in [0.15, 0.2) is 132 Å². The lowest BCUT2D eigenvalue weighted by Gasteiger charge is -2.25. The molecule has 0 aromatic heterocycles. The number of carbonyl (C=O) groups excluding carboxylic acids is 1. The number of nitrogens with zero attached hydrogens (tertiary/aromatic N) is 1. The van der Waals surface area contributed by atoms with Crippen LogP contribution in [-0.2, 0) is 23.1 Å². The van der Waals surface area contributed by atoms with E-state index in [0.29, 0.717) is 17.8 Å². The number of nitrogens with one attached hydrogen (secondary N) is 1. The van der Waals surface area contributed by atoms with E-state index in [2.05, 4.69) is 23.5 Å². The molecule has 0 unspecified atom stereocenters. The highest BCUT2D eigenvalue weighted by molar-refractivity contribution is 7.92. The molecule has 1 amide bonds. The van der Waals surface area contributed by atoms with Gasteiger partial charge in [-0.3, -0.25) is 9.10 Å². The Hall–Kier alpha value is -4.42. The fourth-order valence-corrected chi connectivity index (χ4v) is 5.66. The maximum Gasteiger partial charge on any atom is 0.264 e. The van der Waals surface area contributed by atoms with Gasteiger partial charge in [-0.2, -0.15) is 0 Å². The number of para-hydroxylation sites is 1. The maximum atomic E-state index is 13.5. The van der Waals surface area contributed by atoms with Gasteiger partial charge in [-0.25, -0.2) is 8.42 Å². The number of anilines is 1. The van der Waals surface area contributed by atoms with Crippen molar-refractivity contribution < 1.29 is 13.2 Å². The Bertz CT molecular complexity index is 1620. The van der Waals surface area contributed by atoms with Gasteiger partial charge < -0.3 is 5.32 Å². The summed E-state index contributed by atoms with van der Waals surface area (Å²) < 4.78 is 28.3. The molecule has 5 nitrogen and oxygen atoms in total. The lowest BCUT2D eigenvalue weighted by atomic mass is 10.1. The number of rotatable bonds is 8. The van der Waals surface area contributed by atoms with Crippen LogP contribution in [0, 0.1) is 0 Å². The molecule has 37 heavy (non-hydrogen) atoms. The quantitative estimate of drug-likeness (QED) is 0.274.